The van der Waals surface area contributed by atoms with Crippen LogP contribution in [0.15, 0.2) is 60.7 Å². The quantitative estimate of drug-likeness (QED) is 0.0867. The summed E-state index contributed by atoms with van der Waals surface area (Å²) in [5.41, 5.74) is 9.17. The van der Waals surface area contributed by atoms with E-state index < -0.39 is 17.7 Å². The zero-order valence-corrected chi connectivity index (χ0v) is 23.4. The minimum atomic E-state index is -1.06. The van der Waals surface area contributed by atoms with E-state index in [0.29, 0.717) is 28.9 Å². The molecule has 0 aliphatic carbocycles. The van der Waals surface area contributed by atoms with Crippen LogP contribution in [0, 0.1) is 11.2 Å². The second-order valence-electron chi connectivity index (χ2n) is 9.63. The molecule has 11 heteroatoms. The van der Waals surface area contributed by atoms with Crippen molar-refractivity contribution in [3.63, 3.8) is 0 Å². The molecule has 9 nitrogen and oxygen atoms in total. The number of nitrogens with two attached hydrogens (primary N) is 1. The van der Waals surface area contributed by atoms with E-state index >= 15 is 0 Å². The molecule has 3 aromatic carbocycles. The number of aryl methyl sites for hydroxylation is 1. The maximum absolute atomic E-state index is 13.8. The Morgan fingerprint density at radius 1 is 1.10 bits per heavy atom. The number of amides is 1. The number of nitrogens with zero attached hydrogens (tertiary/aromatic N) is 3. The SMILES string of the molecule is CCCCCn1c(CNc2ccc(C(=N)N)cc2)nc2cc(C(=O)N(CCC(=O)O)c3ccc(F)c(Cl)c3)ccc21. The summed E-state index contributed by atoms with van der Waals surface area (Å²) < 4.78 is 15.9. The van der Waals surface area contributed by atoms with Crippen molar-refractivity contribution in [3.8, 4) is 0 Å². The number of aromatic nitrogens is 2. The van der Waals surface area contributed by atoms with E-state index in [9.17, 15) is 19.1 Å². The molecule has 4 aromatic rings. The molecule has 1 heterocycles. The van der Waals surface area contributed by atoms with Gasteiger partial charge in [-0.25, -0.2) is 9.37 Å². The topological polar surface area (TPSA) is 137 Å². The summed E-state index contributed by atoms with van der Waals surface area (Å²) in [6.07, 6.45) is 2.81. The Bertz CT molecular complexity index is 1570. The molecule has 0 atom stereocenters. The number of imidazole rings is 1. The van der Waals surface area contributed by atoms with Gasteiger partial charge in [0.05, 0.1) is 29.0 Å². The Balaban J connectivity index is 1.65. The molecule has 5 N–H and O–H groups in total. The number of fused-ring (bicyclic) bond motifs is 1. The molecule has 0 spiro atoms. The highest BCUT2D eigenvalue weighted by Crippen LogP contribution is 2.26. The molecule has 214 valence electrons. The lowest BCUT2D eigenvalue weighted by molar-refractivity contribution is -0.136. The lowest BCUT2D eigenvalue weighted by Crippen LogP contribution is -2.33. The van der Waals surface area contributed by atoms with Crippen molar-refractivity contribution in [2.24, 2.45) is 5.73 Å². The molecule has 0 aliphatic rings. The van der Waals surface area contributed by atoms with Crippen LogP contribution in [0.1, 0.15) is 54.4 Å². The van der Waals surface area contributed by atoms with Crippen LogP contribution in [0.2, 0.25) is 5.02 Å². The van der Waals surface area contributed by atoms with Gasteiger partial charge in [-0.1, -0.05) is 31.4 Å². The van der Waals surface area contributed by atoms with Gasteiger partial charge in [0, 0.05) is 35.6 Å². The van der Waals surface area contributed by atoms with E-state index in [1.54, 1.807) is 24.3 Å². The number of carbonyl (C=O) groups is 2. The fraction of sp³-hybridized carbons (Fsp3) is 0.267. The first-order valence-corrected chi connectivity index (χ1v) is 13.7. The molecule has 1 aromatic heterocycles. The summed E-state index contributed by atoms with van der Waals surface area (Å²) in [6, 6.07) is 16.3. The molecular formula is C30H32ClFN6O3. The van der Waals surface area contributed by atoms with Crippen molar-refractivity contribution in [2.45, 2.75) is 45.7 Å². The summed E-state index contributed by atoms with van der Waals surface area (Å²) in [5, 5.41) is 20.0. The summed E-state index contributed by atoms with van der Waals surface area (Å²) >= 11 is 5.95. The molecule has 0 saturated heterocycles. The number of rotatable bonds is 13. The number of anilines is 2. The Hall–Kier alpha value is -4.44. The summed E-state index contributed by atoms with van der Waals surface area (Å²) in [5.74, 6) is -1.34. The number of amidine groups is 1. The van der Waals surface area contributed by atoms with E-state index in [1.807, 2.05) is 18.2 Å². The second kappa shape index (κ2) is 13.3. The van der Waals surface area contributed by atoms with Gasteiger partial charge in [0.25, 0.3) is 5.91 Å². The number of aliphatic carboxylic acids is 1. The largest absolute Gasteiger partial charge is 0.481 e. The minimum Gasteiger partial charge on any atom is -0.481 e. The van der Waals surface area contributed by atoms with Gasteiger partial charge >= 0.3 is 5.97 Å². The lowest BCUT2D eigenvalue weighted by Gasteiger charge is -2.22. The van der Waals surface area contributed by atoms with Gasteiger partial charge in [-0.2, -0.15) is 0 Å². The van der Waals surface area contributed by atoms with Crippen molar-refractivity contribution in [3.05, 3.63) is 88.5 Å². The maximum atomic E-state index is 13.8. The zero-order valence-electron chi connectivity index (χ0n) is 22.7. The molecule has 0 aliphatic heterocycles. The number of nitrogens with one attached hydrogen (secondary N) is 2. The average Bonchev–Trinajstić information content (AvgIpc) is 3.30. The number of hydrogen-bond donors (Lipinski definition) is 4. The van der Waals surface area contributed by atoms with Gasteiger partial charge < -0.3 is 25.6 Å². The third-order valence-electron chi connectivity index (χ3n) is 6.72. The average molecular weight is 579 g/mol. The first-order chi connectivity index (χ1) is 19.7. The van der Waals surface area contributed by atoms with Crippen LogP contribution in [0.25, 0.3) is 11.0 Å². The number of carboxylic acid groups (broad SMARTS) is 1. The number of halogens is 2. The third-order valence-corrected chi connectivity index (χ3v) is 7.00. The molecule has 0 fully saturated rings. The molecule has 1 amide bonds. The van der Waals surface area contributed by atoms with Crippen molar-refractivity contribution in [1.29, 1.82) is 5.41 Å². The molecule has 4 rings (SSSR count). The highest BCUT2D eigenvalue weighted by atomic mass is 35.5. The molecule has 0 saturated carbocycles. The fourth-order valence-corrected chi connectivity index (χ4v) is 4.70. The number of nitrogen functional groups attached to an aromatic ring is 1. The van der Waals surface area contributed by atoms with Gasteiger partial charge in [0.1, 0.15) is 17.5 Å². The normalized spacial score (nSPS) is 11.0. The Morgan fingerprint density at radius 3 is 2.49 bits per heavy atom. The van der Waals surface area contributed by atoms with Crippen LogP contribution >= 0.6 is 11.6 Å². The smallest absolute Gasteiger partial charge is 0.305 e. The van der Waals surface area contributed by atoms with Crippen LogP contribution in [0.5, 0.6) is 0 Å². The van der Waals surface area contributed by atoms with Gasteiger partial charge in [-0.15, -0.1) is 0 Å². The zero-order chi connectivity index (χ0) is 29.5. The number of carbonyl (C=O) groups excluding carboxylic acids is 1. The van der Waals surface area contributed by atoms with E-state index in [1.165, 1.54) is 17.0 Å². The summed E-state index contributed by atoms with van der Waals surface area (Å²) in [6.45, 7) is 3.22. The number of unbranched alkanes of at least 4 members (excludes halogenated alkanes) is 2. The number of hydrogen-bond acceptors (Lipinski definition) is 5. The third kappa shape index (κ3) is 7.20. The predicted molar refractivity (Wildman–Crippen MR) is 159 cm³/mol. The van der Waals surface area contributed by atoms with Gasteiger partial charge in [-0.05, 0) is 67.1 Å². The first kappa shape index (κ1) is 29.5. The van der Waals surface area contributed by atoms with Crippen molar-refractivity contribution < 1.29 is 19.1 Å². The Morgan fingerprint density at radius 2 is 1.83 bits per heavy atom. The Kier molecular flexibility index (Phi) is 9.57. The van der Waals surface area contributed by atoms with E-state index in [4.69, 9.17) is 27.7 Å². The van der Waals surface area contributed by atoms with Crippen LogP contribution < -0.4 is 16.0 Å². The van der Waals surface area contributed by atoms with E-state index in [0.717, 1.165) is 48.9 Å². The van der Waals surface area contributed by atoms with Crippen LogP contribution in [-0.4, -0.2) is 38.9 Å². The molecule has 0 bridgehead atoms. The lowest BCUT2D eigenvalue weighted by atomic mass is 10.1. The van der Waals surface area contributed by atoms with Crippen molar-refractivity contribution >= 4 is 51.7 Å². The number of benzene rings is 3. The van der Waals surface area contributed by atoms with Gasteiger partial charge in [-0.3, -0.25) is 15.0 Å². The van der Waals surface area contributed by atoms with Crippen molar-refractivity contribution in [1.82, 2.24) is 9.55 Å². The van der Waals surface area contributed by atoms with E-state index in [-0.39, 0.29) is 23.8 Å². The predicted octanol–water partition coefficient (Wildman–Crippen LogP) is 6.04. The molecular weight excluding hydrogens is 547 g/mol. The Labute approximate surface area is 242 Å². The summed E-state index contributed by atoms with van der Waals surface area (Å²) in [7, 11) is 0. The standard InChI is InChI=1S/C30H32ClFN6O3/c1-2-3-4-14-38-26-12-7-20(30(41)37(15-13-28(39)40)22-10-11-24(32)23(31)17-22)16-25(26)36-27(38)18-35-21-8-5-19(6-9-21)29(33)34/h5-12,16-17,35H,2-4,13-15,18H2,1H3,(H3,33,34)(H,39,40). The monoisotopic (exact) mass is 578 g/mol. The number of carboxylic acids is 1. The minimum absolute atomic E-state index is 0.00340. The molecule has 0 radical (unpaired) electrons. The van der Waals surface area contributed by atoms with Crippen molar-refractivity contribution in [2.75, 3.05) is 16.8 Å². The molecule has 0 unspecified atom stereocenters. The fourth-order valence-electron chi connectivity index (χ4n) is 4.53. The van der Waals surface area contributed by atoms with Gasteiger partial charge in [0.15, 0.2) is 0 Å². The van der Waals surface area contributed by atoms with E-state index in [2.05, 4.69) is 16.8 Å². The van der Waals surface area contributed by atoms with Gasteiger partial charge in [0.2, 0.25) is 0 Å². The second-order valence-corrected chi connectivity index (χ2v) is 10.0. The van der Waals surface area contributed by atoms with Crippen LogP contribution in [-0.2, 0) is 17.9 Å². The van der Waals surface area contributed by atoms with Crippen LogP contribution in [0.3, 0.4) is 0 Å². The summed E-state index contributed by atoms with van der Waals surface area (Å²) in [4.78, 5) is 31.0. The maximum Gasteiger partial charge on any atom is 0.305 e. The highest BCUT2D eigenvalue weighted by Gasteiger charge is 2.21. The molecule has 41 heavy (non-hydrogen) atoms. The highest BCUT2D eigenvalue weighted by molar-refractivity contribution is 6.31. The first-order valence-electron chi connectivity index (χ1n) is 13.3. The van der Waals surface area contributed by atoms with Crippen LogP contribution in [0.4, 0.5) is 15.8 Å².